The summed E-state index contributed by atoms with van der Waals surface area (Å²) >= 11 is 1.89. The Hall–Kier alpha value is -0.710. The van der Waals surface area contributed by atoms with Crippen LogP contribution >= 0.6 is 11.8 Å². The van der Waals surface area contributed by atoms with E-state index in [1.165, 1.54) is 0 Å². The number of carbonyl (C=O) groups excluding carboxylic acids is 2. The summed E-state index contributed by atoms with van der Waals surface area (Å²) in [6.45, 7) is 8.80. The molecule has 0 spiro atoms. The van der Waals surface area contributed by atoms with E-state index in [0.29, 0.717) is 12.5 Å². The highest BCUT2D eigenvalue weighted by Gasteiger charge is 2.57. The highest BCUT2D eigenvalue weighted by Crippen LogP contribution is 2.45. The average molecular weight is 312 g/mol. The van der Waals surface area contributed by atoms with Gasteiger partial charge >= 0.3 is 0 Å². The second-order valence-corrected chi connectivity index (χ2v) is 8.05. The minimum Gasteiger partial charge on any atom is -0.342 e. The van der Waals surface area contributed by atoms with E-state index in [4.69, 9.17) is 0 Å². The molecule has 1 aliphatic heterocycles. The van der Waals surface area contributed by atoms with Gasteiger partial charge in [-0.2, -0.15) is 11.8 Å². The maximum absolute atomic E-state index is 12.8. The third-order valence-electron chi connectivity index (χ3n) is 4.75. The third kappa shape index (κ3) is 3.22. The summed E-state index contributed by atoms with van der Waals surface area (Å²) in [5.41, 5.74) is -0.626. The van der Waals surface area contributed by atoms with Crippen molar-refractivity contribution in [1.82, 2.24) is 10.2 Å². The molecule has 0 radical (unpaired) electrons. The normalized spacial score (nSPS) is 30.0. The fourth-order valence-corrected chi connectivity index (χ4v) is 3.80. The lowest BCUT2D eigenvalue weighted by atomic mass is 9.85. The van der Waals surface area contributed by atoms with Gasteiger partial charge in [0.1, 0.15) is 11.6 Å². The largest absolute Gasteiger partial charge is 0.342 e. The summed E-state index contributed by atoms with van der Waals surface area (Å²) in [5, 5.41) is 2.97. The molecule has 1 N–H and O–H groups in total. The predicted octanol–water partition coefficient (Wildman–Crippen LogP) is 2.28. The van der Waals surface area contributed by atoms with Gasteiger partial charge in [0.05, 0.1) is 0 Å². The standard InChI is InChI=1S/C16H28N2O2S/c1-5-21-10-6-9-18-14(19)13(11(2)3)17-15(20)16(18,4)12-7-8-12/h11-13H,5-10H2,1-4H3,(H,17,20). The lowest BCUT2D eigenvalue weighted by Gasteiger charge is -2.47. The highest BCUT2D eigenvalue weighted by molar-refractivity contribution is 7.99. The molecule has 0 bridgehead atoms. The van der Waals surface area contributed by atoms with Crippen molar-refractivity contribution < 1.29 is 9.59 Å². The fraction of sp³-hybridized carbons (Fsp3) is 0.875. The molecule has 2 amide bonds. The Morgan fingerprint density at radius 3 is 2.57 bits per heavy atom. The van der Waals surface area contributed by atoms with Crippen LogP contribution in [0.5, 0.6) is 0 Å². The van der Waals surface area contributed by atoms with Gasteiger partial charge in [0.2, 0.25) is 11.8 Å². The van der Waals surface area contributed by atoms with Crippen LogP contribution < -0.4 is 5.32 Å². The number of amides is 2. The van der Waals surface area contributed by atoms with Gasteiger partial charge in [-0.25, -0.2) is 0 Å². The molecule has 2 unspecified atom stereocenters. The van der Waals surface area contributed by atoms with Crippen molar-refractivity contribution in [2.45, 2.75) is 58.5 Å². The van der Waals surface area contributed by atoms with Gasteiger partial charge < -0.3 is 10.2 Å². The van der Waals surface area contributed by atoms with Gasteiger partial charge in [-0.05, 0) is 49.5 Å². The predicted molar refractivity (Wildman–Crippen MR) is 87.2 cm³/mol. The molecule has 2 atom stereocenters. The zero-order chi connectivity index (χ0) is 15.6. The van der Waals surface area contributed by atoms with Gasteiger partial charge in [0, 0.05) is 6.54 Å². The molecule has 0 aromatic carbocycles. The summed E-state index contributed by atoms with van der Waals surface area (Å²) in [6, 6.07) is -0.358. The van der Waals surface area contributed by atoms with E-state index in [-0.39, 0.29) is 23.8 Å². The van der Waals surface area contributed by atoms with Crippen LogP contribution in [0.25, 0.3) is 0 Å². The summed E-state index contributed by atoms with van der Waals surface area (Å²) in [5.74, 6) is 2.79. The molecule has 1 heterocycles. The van der Waals surface area contributed by atoms with E-state index >= 15 is 0 Å². The summed E-state index contributed by atoms with van der Waals surface area (Å²) < 4.78 is 0. The van der Waals surface area contributed by atoms with Crippen LogP contribution in [0.4, 0.5) is 0 Å². The molecule has 4 nitrogen and oxygen atoms in total. The van der Waals surface area contributed by atoms with E-state index in [1.54, 1.807) is 0 Å². The number of hydrogen-bond donors (Lipinski definition) is 1. The Balaban J connectivity index is 2.14. The highest BCUT2D eigenvalue weighted by atomic mass is 32.2. The maximum atomic E-state index is 12.8. The lowest BCUT2D eigenvalue weighted by Crippen LogP contribution is -2.71. The Labute approximate surface area is 132 Å². The second kappa shape index (κ2) is 6.59. The molecule has 21 heavy (non-hydrogen) atoms. The Bertz CT molecular complexity index is 409. The number of carbonyl (C=O) groups is 2. The Morgan fingerprint density at radius 1 is 1.38 bits per heavy atom. The van der Waals surface area contributed by atoms with Crippen LogP contribution in [0.15, 0.2) is 0 Å². The van der Waals surface area contributed by atoms with Gasteiger partial charge in [-0.15, -0.1) is 0 Å². The van der Waals surface area contributed by atoms with Crippen LogP contribution in [0.3, 0.4) is 0 Å². The Morgan fingerprint density at radius 2 is 2.05 bits per heavy atom. The summed E-state index contributed by atoms with van der Waals surface area (Å²) in [4.78, 5) is 27.4. The number of piperazine rings is 1. The first-order chi connectivity index (χ1) is 9.92. The first-order valence-electron chi connectivity index (χ1n) is 8.13. The average Bonchev–Trinajstić information content (AvgIpc) is 3.26. The molecule has 2 rings (SSSR count). The number of hydrogen-bond acceptors (Lipinski definition) is 3. The number of rotatable bonds is 7. The first-order valence-corrected chi connectivity index (χ1v) is 9.28. The zero-order valence-corrected chi connectivity index (χ0v) is 14.5. The van der Waals surface area contributed by atoms with E-state index in [9.17, 15) is 9.59 Å². The number of thioether (sulfide) groups is 1. The topological polar surface area (TPSA) is 49.4 Å². The molecule has 2 fully saturated rings. The minimum atomic E-state index is -0.626. The van der Waals surface area contributed by atoms with Crippen molar-refractivity contribution >= 4 is 23.6 Å². The van der Waals surface area contributed by atoms with E-state index in [1.807, 2.05) is 37.4 Å². The first kappa shape index (κ1) is 16.7. The van der Waals surface area contributed by atoms with E-state index in [2.05, 4.69) is 12.2 Å². The van der Waals surface area contributed by atoms with Crippen LogP contribution in [0.2, 0.25) is 0 Å². The van der Waals surface area contributed by atoms with Gasteiger partial charge in [-0.3, -0.25) is 9.59 Å². The third-order valence-corrected chi connectivity index (χ3v) is 5.74. The van der Waals surface area contributed by atoms with Gasteiger partial charge in [-0.1, -0.05) is 20.8 Å². The van der Waals surface area contributed by atoms with Gasteiger partial charge in [0.25, 0.3) is 0 Å². The smallest absolute Gasteiger partial charge is 0.246 e. The van der Waals surface area contributed by atoms with Crippen LogP contribution in [-0.4, -0.2) is 46.3 Å². The quantitative estimate of drug-likeness (QED) is 0.734. The summed E-state index contributed by atoms with van der Waals surface area (Å²) in [6.07, 6.45) is 3.08. The van der Waals surface area contributed by atoms with Crippen molar-refractivity contribution in [3.05, 3.63) is 0 Å². The molecular weight excluding hydrogens is 284 g/mol. The van der Waals surface area contributed by atoms with Gasteiger partial charge in [0.15, 0.2) is 0 Å². The summed E-state index contributed by atoms with van der Waals surface area (Å²) in [7, 11) is 0. The monoisotopic (exact) mass is 312 g/mol. The molecule has 0 aromatic heterocycles. The zero-order valence-electron chi connectivity index (χ0n) is 13.6. The molecule has 120 valence electrons. The number of nitrogens with one attached hydrogen (secondary N) is 1. The molecular formula is C16H28N2O2S. The number of nitrogens with zero attached hydrogens (tertiary/aromatic N) is 1. The van der Waals surface area contributed by atoms with Crippen molar-refractivity contribution in [1.29, 1.82) is 0 Å². The molecule has 1 aliphatic carbocycles. The minimum absolute atomic E-state index is 0.0476. The molecule has 1 saturated carbocycles. The molecule has 2 aliphatic rings. The maximum Gasteiger partial charge on any atom is 0.246 e. The van der Waals surface area contributed by atoms with Crippen LogP contribution in [-0.2, 0) is 9.59 Å². The van der Waals surface area contributed by atoms with Crippen molar-refractivity contribution in [2.75, 3.05) is 18.1 Å². The molecule has 5 heteroatoms. The van der Waals surface area contributed by atoms with Crippen molar-refractivity contribution in [3.63, 3.8) is 0 Å². The molecule has 0 aromatic rings. The SMILES string of the molecule is CCSCCCN1C(=O)C(C(C)C)NC(=O)C1(C)C1CC1. The Kier molecular flexibility index (Phi) is 5.23. The van der Waals surface area contributed by atoms with Crippen molar-refractivity contribution in [2.24, 2.45) is 11.8 Å². The second-order valence-electron chi connectivity index (χ2n) is 6.66. The lowest BCUT2D eigenvalue weighted by molar-refractivity contribution is -0.159. The van der Waals surface area contributed by atoms with Crippen LogP contribution in [0.1, 0.15) is 47.0 Å². The van der Waals surface area contributed by atoms with Crippen molar-refractivity contribution in [3.8, 4) is 0 Å². The van der Waals surface area contributed by atoms with E-state index in [0.717, 1.165) is 30.8 Å². The van der Waals surface area contributed by atoms with Crippen LogP contribution in [0, 0.1) is 11.8 Å². The molecule has 1 saturated heterocycles. The van der Waals surface area contributed by atoms with E-state index < -0.39 is 5.54 Å². The fourth-order valence-electron chi connectivity index (χ4n) is 3.18.